The summed E-state index contributed by atoms with van der Waals surface area (Å²) in [4.78, 5) is 1.19. The fourth-order valence-electron chi connectivity index (χ4n) is 2.00. The van der Waals surface area contributed by atoms with Gasteiger partial charge in [-0.2, -0.15) is 0 Å². The predicted molar refractivity (Wildman–Crippen MR) is 72.0 cm³/mol. The van der Waals surface area contributed by atoms with E-state index in [1.807, 2.05) is 0 Å². The summed E-state index contributed by atoms with van der Waals surface area (Å²) in [6, 6.07) is 2.14. The molecule has 1 nitrogen and oxygen atoms in total. The second-order valence-corrected chi connectivity index (χ2v) is 5.33. The molecule has 1 rings (SSSR count). The molecular formula is C14H24OS. The fourth-order valence-corrected chi connectivity index (χ4v) is 3.02. The van der Waals surface area contributed by atoms with Crippen LogP contribution < -0.4 is 0 Å². The van der Waals surface area contributed by atoms with Gasteiger partial charge in [0, 0.05) is 4.88 Å². The van der Waals surface area contributed by atoms with Gasteiger partial charge in [-0.15, -0.1) is 11.3 Å². The third-order valence-electron chi connectivity index (χ3n) is 3.05. The number of unbranched alkanes of at least 4 members (excludes halogenated alkanes) is 4. The highest BCUT2D eigenvalue weighted by atomic mass is 32.1. The predicted octanol–water partition coefficient (Wildman–Crippen LogP) is 4.70. The number of aryl methyl sites for hydroxylation is 1. The van der Waals surface area contributed by atoms with E-state index in [1.165, 1.54) is 36.1 Å². The van der Waals surface area contributed by atoms with Gasteiger partial charge in [0.25, 0.3) is 0 Å². The zero-order valence-electron chi connectivity index (χ0n) is 10.5. The largest absolute Gasteiger partial charge is 0.388 e. The lowest BCUT2D eigenvalue weighted by Crippen LogP contribution is -1.97. The smallest absolute Gasteiger partial charge is 0.0884 e. The first-order chi connectivity index (χ1) is 7.79. The van der Waals surface area contributed by atoms with E-state index < -0.39 is 0 Å². The Hall–Kier alpha value is -0.340. The van der Waals surface area contributed by atoms with Crippen LogP contribution >= 0.6 is 11.3 Å². The van der Waals surface area contributed by atoms with Gasteiger partial charge in [-0.25, -0.2) is 0 Å². The van der Waals surface area contributed by atoms with Crippen molar-refractivity contribution in [3.63, 3.8) is 0 Å². The third-order valence-corrected chi connectivity index (χ3v) is 4.11. The highest BCUT2D eigenvalue weighted by Gasteiger charge is 2.12. The highest BCUT2D eigenvalue weighted by molar-refractivity contribution is 7.10. The first kappa shape index (κ1) is 13.7. The van der Waals surface area contributed by atoms with Gasteiger partial charge in [-0.05, 0) is 29.9 Å². The molecule has 0 saturated heterocycles. The molecule has 0 amide bonds. The first-order valence-corrected chi connectivity index (χ1v) is 7.41. The summed E-state index contributed by atoms with van der Waals surface area (Å²) in [7, 11) is 0. The Morgan fingerprint density at radius 1 is 1.19 bits per heavy atom. The average molecular weight is 240 g/mol. The van der Waals surface area contributed by atoms with E-state index in [-0.39, 0.29) is 6.10 Å². The summed E-state index contributed by atoms with van der Waals surface area (Å²) in [5.41, 5.74) is 1.33. The van der Waals surface area contributed by atoms with Gasteiger partial charge < -0.3 is 5.11 Å². The van der Waals surface area contributed by atoms with Crippen molar-refractivity contribution >= 4 is 11.3 Å². The van der Waals surface area contributed by atoms with E-state index in [0.29, 0.717) is 0 Å². The molecule has 0 aliphatic carbocycles. The summed E-state index contributed by atoms with van der Waals surface area (Å²) in [6.07, 6.45) is 8.08. The van der Waals surface area contributed by atoms with Crippen molar-refractivity contribution in [2.24, 2.45) is 0 Å². The molecule has 92 valence electrons. The molecule has 16 heavy (non-hydrogen) atoms. The molecule has 0 fully saturated rings. The maximum absolute atomic E-state index is 10.1. The number of hydrogen-bond donors (Lipinski definition) is 1. The lowest BCUT2D eigenvalue weighted by atomic mass is 10.0. The van der Waals surface area contributed by atoms with Crippen molar-refractivity contribution in [1.29, 1.82) is 0 Å². The van der Waals surface area contributed by atoms with Gasteiger partial charge in [0.1, 0.15) is 0 Å². The van der Waals surface area contributed by atoms with Gasteiger partial charge >= 0.3 is 0 Å². The number of thiophene rings is 1. The molecule has 0 bridgehead atoms. The Labute approximate surface area is 104 Å². The number of aliphatic hydroxyl groups is 1. The standard InChI is InChI=1S/C14H24OS/c1-3-5-6-7-8-9-13(15)14-12(4-2)10-11-16-14/h10-11,13,15H,3-9H2,1-2H3. The number of aliphatic hydroxyl groups excluding tert-OH is 1. The summed E-state index contributed by atoms with van der Waals surface area (Å²) in [6.45, 7) is 4.38. The molecule has 1 N–H and O–H groups in total. The van der Waals surface area contributed by atoms with Crippen molar-refractivity contribution in [2.75, 3.05) is 0 Å². The molecular weight excluding hydrogens is 216 g/mol. The van der Waals surface area contributed by atoms with Crippen molar-refractivity contribution in [3.05, 3.63) is 21.9 Å². The molecule has 2 heteroatoms. The van der Waals surface area contributed by atoms with Crippen LogP contribution in [0.2, 0.25) is 0 Å². The Bertz CT molecular complexity index is 280. The van der Waals surface area contributed by atoms with Crippen LogP contribution in [0.25, 0.3) is 0 Å². The van der Waals surface area contributed by atoms with Gasteiger partial charge in [0.05, 0.1) is 6.10 Å². The molecule has 0 saturated carbocycles. The summed E-state index contributed by atoms with van der Waals surface area (Å²) in [5.74, 6) is 0. The van der Waals surface area contributed by atoms with E-state index in [1.54, 1.807) is 11.3 Å². The topological polar surface area (TPSA) is 20.2 Å². The van der Waals surface area contributed by atoms with Crippen LogP contribution in [0.3, 0.4) is 0 Å². The minimum absolute atomic E-state index is 0.225. The minimum Gasteiger partial charge on any atom is -0.388 e. The summed E-state index contributed by atoms with van der Waals surface area (Å²) >= 11 is 1.70. The van der Waals surface area contributed by atoms with E-state index in [0.717, 1.165) is 19.3 Å². The average Bonchev–Trinajstić information content (AvgIpc) is 2.76. The second kappa shape index (κ2) is 7.86. The monoisotopic (exact) mass is 240 g/mol. The van der Waals surface area contributed by atoms with Gasteiger partial charge in [0.2, 0.25) is 0 Å². The molecule has 1 unspecified atom stereocenters. The molecule has 1 heterocycles. The zero-order valence-corrected chi connectivity index (χ0v) is 11.4. The molecule has 0 aliphatic rings. The van der Waals surface area contributed by atoms with Crippen LogP contribution in [-0.2, 0) is 6.42 Å². The molecule has 0 aliphatic heterocycles. The van der Waals surface area contributed by atoms with E-state index in [4.69, 9.17) is 0 Å². The van der Waals surface area contributed by atoms with Crippen LogP contribution in [0.1, 0.15) is 68.9 Å². The zero-order chi connectivity index (χ0) is 11.8. The van der Waals surface area contributed by atoms with Crippen molar-refractivity contribution < 1.29 is 5.11 Å². The number of hydrogen-bond acceptors (Lipinski definition) is 2. The molecule has 0 spiro atoms. The quantitative estimate of drug-likeness (QED) is 0.653. The van der Waals surface area contributed by atoms with Crippen LogP contribution in [0.4, 0.5) is 0 Å². The molecule has 0 aromatic carbocycles. The normalized spacial score (nSPS) is 12.9. The lowest BCUT2D eigenvalue weighted by molar-refractivity contribution is 0.166. The summed E-state index contributed by atoms with van der Waals surface area (Å²) in [5, 5.41) is 12.2. The molecule has 1 aromatic rings. The Morgan fingerprint density at radius 3 is 2.62 bits per heavy atom. The molecule has 0 radical (unpaired) electrons. The Balaban J connectivity index is 2.27. The van der Waals surface area contributed by atoms with Crippen LogP contribution in [0.5, 0.6) is 0 Å². The van der Waals surface area contributed by atoms with Crippen molar-refractivity contribution in [3.8, 4) is 0 Å². The van der Waals surface area contributed by atoms with Crippen LogP contribution in [0, 0.1) is 0 Å². The Morgan fingerprint density at radius 2 is 1.94 bits per heavy atom. The van der Waals surface area contributed by atoms with E-state index in [2.05, 4.69) is 25.3 Å². The van der Waals surface area contributed by atoms with Crippen LogP contribution in [-0.4, -0.2) is 5.11 Å². The maximum Gasteiger partial charge on any atom is 0.0884 e. The SMILES string of the molecule is CCCCCCCC(O)c1sccc1CC. The lowest BCUT2D eigenvalue weighted by Gasteiger charge is -2.10. The Kier molecular flexibility index (Phi) is 6.74. The van der Waals surface area contributed by atoms with E-state index in [9.17, 15) is 5.11 Å². The number of rotatable bonds is 8. The van der Waals surface area contributed by atoms with Crippen molar-refractivity contribution in [2.45, 2.75) is 64.9 Å². The molecule has 1 atom stereocenters. The first-order valence-electron chi connectivity index (χ1n) is 6.53. The highest BCUT2D eigenvalue weighted by Crippen LogP contribution is 2.28. The maximum atomic E-state index is 10.1. The fraction of sp³-hybridized carbons (Fsp3) is 0.714. The van der Waals surface area contributed by atoms with Gasteiger partial charge in [-0.3, -0.25) is 0 Å². The minimum atomic E-state index is -0.225. The van der Waals surface area contributed by atoms with Gasteiger partial charge in [0.15, 0.2) is 0 Å². The summed E-state index contributed by atoms with van der Waals surface area (Å²) < 4.78 is 0. The van der Waals surface area contributed by atoms with Crippen molar-refractivity contribution in [1.82, 2.24) is 0 Å². The third kappa shape index (κ3) is 4.26. The van der Waals surface area contributed by atoms with E-state index >= 15 is 0 Å². The van der Waals surface area contributed by atoms with Gasteiger partial charge in [-0.1, -0.05) is 46.0 Å². The van der Waals surface area contributed by atoms with Crippen LogP contribution in [0.15, 0.2) is 11.4 Å². The second-order valence-electron chi connectivity index (χ2n) is 4.38. The molecule has 1 aromatic heterocycles.